The Morgan fingerprint density at radius 2 is 1.71 bits per heavy atom. The van der Waals surface area contributed by atoms with E-state index in [0.717, 1.165) is 16.8 Å². The highest BCUT2D eigenvalue weighted by Crippen LogP contribution is 2.24. The lowest BCUT2D eigenvalue weighted by Gasteiger charge is -2.10. The van der Waals surface area contributed by atoms with Gasteiger partial charge in [-0.1, -0.05) is 48.5 Å². The molecular weight excluding hydrogens is 264 g/mol. The second-order valence-corrected chi connectivity index (χ2v) is 4.78. The third-order valence-corrected chi connectivity index (χ3v) is 3.33. The summed E-state index contributed by atoms with van der Waals surface area (Å²) in [4.78, 5) is 15.5. The molecule has 0 aliphatic rings. The molecule has 0 amide bonds. The molecule has 0 fully saturated rings. The van der Waals surface area contributed by atoms with Gasteiger partial charge in [0.15, 0.2) is 5.69 Å². The van der Waals surface area contributed by atoms with Gasteiger partial charge in [0.1, 0.15) is 5.82 Å². The fraction of sp³-hybridized carbons (Fsp3) is 0.0588. The van der Waals surface area contributed by atoms with E-state index < -0.39 is 5.97 Å². The number of aryl methyl sites for hydroxylation is 1. The number of carboxylic acids is 1. The first kappa shape index (κ1) is 13.1. The maximum Gasteiger partial charge on any atom is 0.356 e. The topological polar surface area (TPSA) is 55.1 Å². The molecule has 0 saturated carbocycles. The molecule has 1 aromatic heterocycles. The molecule has 1 heterocycles. The number of para-hydroxylation sites is 1. The fourth-order valence-electron chi connectivity index (χ4n) is 2.29. The van der Waals surface area contributed by atoms with Crippen molar-refractivity contribution < 1.29 is 9.90 Å². The number of aromatic carboxylic acids is 1. The maximum atomic E-state index is 11.2. The van der Waals surface area contributed by atoms with Crippen LogP contribution in [0.2, 0.25) is 0 Å². The van der Waals surface area contributed by atoms with E-state index in [4.69, 9.17) is 0 Å². The number of hydrogen-bond acceptors (Lipinski definition) is 2. The highest BCUT2D eigenvalue weighted by molar-refractivity contribution is 5.86. The Bertz CT molecular complexity index is 792. The first-order valence-corrected chi connectivity index (χ1v) is 6.61. The number of carbonyl (C=O) groups is 1. The molecule has 0 spiro atoms. The first-order chi connectivity index (χ1) is 10.2. The number of imidazole rings is 1. The van der Waals surface area contributed by atoms with Gasteiger partial charge in [0, 0.05) is 17.4 Å². The second-order valence-electron chi connectivity index (χ2n) is 4.78. The molecule has 1 N–H and O–H groups in total. The standard InChI is InChI=1S/C17H14N2O2/c1-12-7-5-6-10-15(12)19-11-14(17(20)21)18-16(19)13-8-3-2-4-9-13/h2-11H,1H3,(H,20,21). The molecule has 2 aromatic carbocycles. The van der Waals surface area contributed by atoms with Gasteiger partial charge in [-0.3, -0.25) is 4.57 Å². The van der Waals surface area contributed by atoms with E-state index in [0.29, 0.717) is 5.82 Å². The molecule has 3 rings (SSSR count). The highest BCUT2D eigenvalue weighted by Gasteiger charge is 2.16. The van der Waals surface area contributed by atoms with Crippen molar-refractivity contribution >= 4 is 5.97 Å². The van der Waals surface area contributed by atoms with E-state index in [2.05, 4.69) is 4.98 Å². The Kier molecular flexibility index (Phi) is 3.28. The molecule has 0 aliphatic heterocycles. The van der Waals surface area contributed by atoms with Crippen molar-refractivity contribution in [2.75, 3.05) is 0 Å². The number of carboxylic acid groups (broad SMARTS) is 1. The summed E-state index contributed by atoms with van der Waals surface area (Å²) in [5, 5.41) is 9.21. The van der Waals surface area contributed by atoms with Gasteiger partial charge >= 0.3 is 5.97 Å². The molecule has 0 unspecified atom stereocenters. The van der Waals surface area contributed by atoms with E-state index in [9.17, 15) is 9.90 Å². The van der Waals surface area contributed by atoms with Crippen LogP contribution in [0.1, 0.15) is 16.1 Å². The van der Waals surface area contributed by atoms with Gasteiger partial charge in [-0.2, -0.15) is 0 Å². The second kappa shape index (κ2) is 5.25. The number of benzene rings is 2. The van der Waals surface area contributed by atoms with Gasteiger partial charge in [0.2, 0.25) is 0 Å². The summed E-state index contributed by atoms with van der Waals surface area (Å²) in [5.74, 6) is -0.401. The van der Waals surface area contributed by atoms with Gasteiger partial charge < -0.3 is 5.11 Å². The monoisotopic (exact) mass is 278 g/mol. The quantitative estimate of drug-likeness (QED) is 0.797. The van der Waals surface area contributed by atoms with Crippen molar-refractivity contribution in [2.45, 2.75) is 6.92 Å². The molecule has 21 heavy (non-hydrogen) atoms. The molecule has 4 heteroatoms. The highest BCUT2D eigenvalue weighted by atomic mass is 16.4. The Hall–Kier alpha value is -2.88. The fourth-order valence-corrected chi connectivity index (χ4v) is 2.29. The lowest BCUT2D eigenvalue weighted by atomic mass is 10.1. The zero-order valence-electron chi connectivity index (χ0n) is 11.5. The minimum Gasteiger partial charge on any atom is -0.476 e. The number of nitrogens with zero attached hydrogens (tertiary/aromatic N) is 2. The molecule has 0 bridgehead atoms. The van der Waals surface area contributed by atoms with Gasteiger partial charge in [-0.05, 0) is 18.6 Å². The Morgan fingerprint density at radius 3 is 2.38 bits per heavy atom. The molecular formula is C17H14N2O2. The van der Waals surface area contributed by atoms with Crippen LogP contribution >= 0.6 is 0 Å². The van der Waals surface area contributed by atoms with Crippen molar-refractivity contribution in [2.24, 2.45) is 0 Å². The van der Waals surface area contributed by atoms with Crippen LogP contribution in [0, 0.1) is 6.92 Å². The van der Waals surface area contributed by atoms with Gasteiger partial charge in [0.05, 0.1) is 0 Å². The lowest BCUT2D eigenvalue weighted by molar-refractivity contribution is 0.0691. The summed E-state index contributed by atoms with van der Waals surface area (Å²) in [6.07, 6.45) is 1.56. The normalized spacial score (nSPS) is 10.5. The van der Waals surface area contributed by atoms with Crippen LogP contribution in [0.25, 0.3) is 17.1 Å². The molecule has 4 nitrogen and oxygen atoms in total. The molecule has 3 aromatic rings. The van der Waals surface area contributed by atoms with Gasteiger partial charge in [-0.15, -0.1) is 0 Å². The van der Waals surface area contributed by atoms with Crippen LogP contribution in [0.5, 0.6) is 0 Å². The van der Waals surface area contributed by atoms with Crippen LogP contribution in [0.3, 0.4) is 0 Å². The molecule has 104 valence electrons. The van der Waals surface area contributed by atoms with Crippen LogP contribution in [-0.2, 0) is 0 Å². The Labute approximate surface area is 122 Å². The summed E-state index contributed by atoms with van der Waals surface area (Å²) in [5.41, 5.74) is 2.91. The van der Waals surface area contributed by atoms with E-state index in [1.807, 2.05) is 66.1 Å². The predicted octanol–water partition coefficient (Wildman–Crippen LogP) is 3.55. The summed E-state index contributed by atoms with van der Waals surface area (Å²) in [6.45, 7) is 1.99. The van der Waals surface area contributed by atoms with E-state index in [1.165, 1.54) is 0 Å². The van der Waals surface area contributed by atoms with Crippen molar-refractivity contribution in [1.82, 2.24) is 9.55 Å². The van der Waals surface area contributed by atoms with Crippen molar-refractivity contribution in [3.8, 4) is 17.1 Å². The first-order valence-electron chi connectivity index (χ1n) is 6.61. The Balaban J connectivity index is 2.24. The summed E-state index contributed by atoms with van der Waals surface area (Å²) >= 11 is 0. The van der Waals surface area contributed by atoms with Gasteiger partial charge in [0.25, 0.3) is 0 Å². The summed E-state index contributed by atoms with van der Waals surface area (Å²) < 4.78 is 1.83. The molecule has 0 saturated heterocycles. The number of hydrogen-bond donors (Lipinski definition) is 1. The predicted molar refractivity (Wildman–Crippen MR) is 80.7 cm³/mol. The molecule has 0 atom stereocenters. The summed E-state index contributed by atoms with van der Waals surface area (Å²) in [6, 6.07) is 17.4. The summed E-state index contributed by atoms with van der Waals surface area (Å²) in [7, 11) is 0. The number of aromatic nitrogens is 2. The van der Waals surface area contributed by atoms with Crippen LogP contribution in [0.15, 0.2) is 60.8 Å². The Morgan fingerprint density at radius 1 is 1.05 bits per heavy atom. The minimum absolute atomic E-state index is 0.0390. The lowest BCUT2D eigenvalue weighted by Crippen LogP contribution is -1.98. The number of rotatable bonds is 3. The molecule has 0 radical (unpaired) electrons. The van der Waals surface area contributed by atoms with Crippen molar-refractivity contribution in [3.63, 3.8) is 0 Å². The maximum absolute atomic E-state index is 11.2. The average Bonchev–Trinajstić information content (AvgIpc) is 2.94. The van der Waals surface area contributed by atoms with Crippen LogP contribution in [0.4, 0.5) is 0 Å². The van der Waals surface area contributed by atoms with Crippen molar-refractivity contribution in [1.29, 1.82) is 0 Å². The van der Waals surface area contributed by atoms with Crippen LogP contribution in [-0.4, -0.2) is 20.6 Å². The van der Waals surface area contributed by atoms with E-state index in [-0.39, 0.29) is 5.69 Å². The smallest absolute Gasteiger partial charge is 0.356 e. The van der Waals surface area contributed by atoms with Gasteiger partial charge in [-0.25, -0.2) is 9.78 Å². The van der Waals surface area contributed by atoms with E-state index in [1.54, 1.807) is 6.20 Å². The SMILES string of the molecule is Cc1ccccc1-n1cc(C(=O)O)nc1-c1ccccc1. The zero-order chi connectivity index (χ0) is 14.8. The van der Waals surface area contributed by atoms with Crippen LogP contribution < -0.4 is 0 Å². The molecule has 0 aliphatic carbocycles. The van der Waals surface area contributed by atoms with Crippen molar-refractivity contribution in [3.05, 3.63) is 72.1 Å². The average molecular weight is 278 g/mol. The largest absolute Gasteiger partial charge is 0.476 e. The van der Waals surface area contributed by atoms with E-state index >= 15 is 0 Å². The zero-order valence-corrected chi connectivity index (χ0v) is 11.5. The minimum atomic E-state index is -1.03. The third-order valence-electron chi connectivity index (χ3n) is 3.33. The third kappa shape index (κ3) is 2.43.